The molecule has 0 bridgehead atoms. The van der Waals surface area contributed by atoms with E-state index in [2.05, 4.69) is 5.32 Å². The first-order valence-corrected chi connectivity index (χ1v) is 10.2. The van der Waals surface area contributed by atoms with Crippen LogP contribution >= 0.6 is 0 Å². The topological polar surface area (TPSA) is 86.2 Å². The molecule has 1 N–H and O–H groups in total. The van der Waals surface area contributed by atoms with Crippen molar-refractivity contribution in [1.29, 1.82) is 0 Å². The van der Waals surface area contributed by atoms with Crippen LogP contribution in [0.1, 0.15) is 25.7 Å². The number of furan rings is 1. The molecular weight excluding hydrogens is 382 g/mol. The second-order valence-corrected chi connectivity index (χ2v) is 7.67. The summed E-state index contributed by atoms with van der Waals surface area (Å²) in [6.07, 6.45) is 4.10. The molecule has 2 aromatic heterocycles. The van der Waals surface area contributed by atoms with E-state index in [1.807, 2.05) is 12.1 Å². The summed E-state index contributed by atoms with van der Waals surface area (Å²) in [5.74, 6) is -0.242. The van der Waals surface area contributed by atoms with Crippen molar-refractivity contribution < 1.29 is 9.21 Å². The van der Waals surface area contributed by atoms with E-state index in [1.54, 1.807) is 42.5 Å². The van der Waals surface area contributed by atoms with Crippen LogP contribution in [0, 0.1) is 0 Å². The minimum Gasteiger partial charge on any atom is -0.449 e. The van der Waals surface area contributed by atoms with Crippen molar-refractivity contribution >= 4 is 28.0 Å². The highest BCUT2D eigenvalue weighted by molar-refractivity contribution is 6.02. The third-order valence-corrected chi connectivity index (χ3v) is 5.70. The van der Waals surface area contributed by atoms with Gasteiger partial charge in [0.05, 0.1) is 5.69 Å². The minimum absolute atomic E-state index is 0.0633. The van der Waals surface area contributed by atoms with Crippen molar-refractivity contribution in [2.75, 3.05) is 0 Å². The lowest BCUT2D eigenvalue weighted by atomic mass is 10.2. The maximum Gasteiger partial charge on any atom is 0.336 e. The predicted octanol–water partition coefficient (Wildman–Crippen LogP) is 2.96. The summed E-state index contributed by atoms with van der Waals surface area (Å²) in [5, 5.41) is 3.65. The average molecular weight is 403 g/mol. The van der Waals surface area contributed by atoms with Gasteiger partial charge in [-0.05, 0) is 37.1 Å². The quantitative estimate of drug-likeness (QED) is 0.568. The zero-order chi connectivity index (χ0) is 20.7. The largest absolute Gasteiger partial charge is 0.449 e. The Morgan fingerprint density at radius 1 is 1.00 bits per heavy atom. The summed E-state index contributed by atoms with van der Waals surface area (Å²) in [4.78, 5) is 39.4. The number of hydrogen-bond donors (Lipinski definition) is 1. The first-order chi connectivity index (χ1) is 14.6. The summed E-state index contributed by atoms with van der Waals surface area (Å²) in [7, 11) is 0. The van der Waals surface area contributed by atoms with Gasteiger partial charge in [0.1, 0.15) is 17.6 Å². The van der Waals surface area contributed by atoms with Crippen molar-refractivity contribution in [3.05, 3.63) is 75.4 Å². The Balaban J connectivity index is 1.73. The lowest BCUT2D eigenvalue weighted by molar-refractivity contribution is -0.122. The second kappa shape index (κ2) is 7.33. The van der Waals surface area contributed by atoms with Gasteiger partial charge in [-0.25, -0.2) is 9.36 Å². The molecule has 0 atom stereocenters. The highest BCUT2D eigenvalue weighted by Crippen LogP contribution is 2.26. The number of amides is 1. The van der Waals surface area contributed by atoms with E-state index in [1.165, 1.54) is 4.57 Å². The number of nitrogens with zero attached hydrogens (tertiary/aromatic N) is 2. The summed E-state index contributed by atoms with van der Waals surface area (Å²) in [6, 6.07) is 16.0. The molecule has 152 valence electrons. The van der Waals surface area contributed by atoms with Crippen LogP contribution in [0.15, 0.2) is 68.6 Å². The third-order valence-electron chi connectivity index (χ3n) is 5.70. The molecule has 5 rings (SSSR count). The number of carbonyl (C=O) groups excluding carboxylic acids is 1. The van der Waals surface area contributed by atoms with Gasteiger partial charge in [-0.3, -0.25) is 14.2 Å². The number of nitrogens with one attached hydrogen (secondary N) is 1. The molecule has 2 heterocycles. The van der Waals surface area contributed by atoms with Gasteiger partial charge in [-0.15, -0.1) is 0 Å². The summed E-state index contributed by atoms with van der Waals surface area (Å²) >= 11 is 0. The maximum absolute atomic E-state index is 13.4. The Morgan fingerprint density at radius 2 is 1.70 bits per heavy atom. The zero-order valence-corrected chi connectivity index (χ0v) is 16.3. The molecule has 7 nitrogen and oxygen atoms in total. The summed E-state index contributed by atoms with van der Waals surface area (Å²) in [6.45, 7) is -0.178. The van der Waals surface area contributed by atoms with E-state index < -0.39 is 11.2 Å². The molecular formula is C23H21N3O4. The highest BCUT2D eigenvalue weighted by Gasteiger charge is 2.23. The Morgan fingerprint density at radius 3 is 2.47 bits per heavy atom. The van der Waals surface area contributed by atoms with Crippen LogP contribution in [0.3, 0.4) is 0 Å². The van der Waals surface area contributed by atoms with Crippen LogP contribution < -0.4 is 16.6 Å². The number of rotatable bonds is 4. The van der Waals surface area contributed by atoms with E-state index in [-0.39, 0.29) is 24.1 Å². The number of para-hydroxylation sites is 2. The van der Waals surface area contributed by atoms with Crippen LogP contribution in [-0.4, -0.2) is 21.1 Å². The van der Waals surface area contributed by atoms with E-state index in [0.29, 0.717) is 22.2 Å². The fourth-order valence-electron chi connectivity index (χ4n) is 4.29. The van der Waals surface area contributed by atoms with Crippen LogP contribution in [0.5, 0.6) is 0 Å². The Labute approximate surface area is 171 Å². The van der Waals surface area contributed by atoms with Gasteiger partial charge in [0.25, 0.3) is 0 Å². The fourth-order valence-corrected chi connectivity index (χ4v) is 4.29. The molecule has 4 aromatic rings. The number of hydrogen-bond acceptors (Lipinski definition) is 4. The number of benzene rings is 2. The SMILES string of the molecule is O=C(Cn1c(=O)n(-c2ccccc2)c(=O)c2oc3ccccc3c21)NC1CCCC1. The fraction of sp³-hybridized carbons (Fsp3) is 0.261. The smallest absolute Gasteiger partial charge is 0.336 e. The van der Waals surface area contributed by atoms with Crippen LogP contribution in [-0.2, 0) is 11.3 Å². The van der Waals surface area contributed by atoms with Gasteiger partial charge in [-0.1, -0.05) is 43.2 Å². The van der Waals surface area contributed by atoms with Crippen molar-refractivity contribution in [1.82, 2.24) is 14.5 Å². The van der Waals surface area contributed by atoms with Gasteiger partial charge >= 0.3 is 11.2 Å². The molecule has 0 saturated heterocycles. The van der Waals surface area contributed by atoms with Gasteiger partial charge in [-0.2, -0.15) is 0 Å². The van der Waals surface area contributed by atoms with Gasteiger partial charge < -0.3 is 9.73 Å². The van der Waals surface area contributed by atoms with Crippen molar-refractivity contribution in [2.45, 2.75) is 38.3 Å². The van der Waals surface area contributed by atoms with Crippen LogP contribution in [0.2, 0.25) is 0 Å². The van der Waals surface area contributed by atoms with Gasteiger partial charge in [0.2, 0.25) is 11.5 Å². The van der Waals surface area contributed by atoms with Crippen molar-refractivity contribution in [3.63, 3.8) is 0 Å². The normalized spacial score (nSPS) is 14.5. The molecule has 0 radical (unpaired) electrons. The highest BCUT2D eigenvalue weighted by atomic mass is 16.3. The van der Waals surface area contributed by atoms with E-state index in [4.69, 9.17) is 4.42 Å². The van der Waals surface area contributed by atoms with Crippen molar-refractivity contribution in [3.8, 4) is 5.69 Å². The first-order valence-electron chi connectivity index (χ1n) is 10.2. The van der Waals surface area contributed by atoms with E-state index >= 15 is 0 Å². The first kappa shape index (κ1) is 18.4. The molecule has 1 aliphatic rings. The number of fused-ring (bicyclic) bond motifs is 3. The predicted molar refractivity (Wildman–Crippen MR) is 114 cm³/mol. The second-order valence-electron chi connectivity index (χ2n) is 7.67. The lowest BCUT2D eigenvalue weighted by Crippen LogP contribution is -2.43. The van der Waals surface area contributed by atoms with Gasteiger partial charge in [0, 0.05) is 11.4 Å². The molecule has 7 heteroatoms. The van der Waals surface area contributed by atoms with Crippen molar-refractivity contribution in [2.24, 2.45) is 0 Å². The molecule has 0 unspecified atom stereocenters. The molecule has 0 aliphatic heterocycles. The molecule has 2 aromatic carbocycles. The molecule has 1 fully saturated rings. The monoisotopic (exact) mass is 403 g/mol. The number of carbonyl (C=O) groups is 1. The molecule has 1 saturated carbocycles. The van der Waals surface area contributed by atoms with E-state index in [9.17, 15) is 14.4 Å². The minimum atomic E-state index is -0.563. The Kier molecular flexibility index (Phi) is 4.50. The average Bonchev–Trinajstić information content (AvgIpc) is 3.40. The third kappa shape index (κ3) is 3.03. The number of aromatic nitrogens is 2. The van der Waals surface area contributed by atoms with Gasteiger partial charge in [0.15, 0.2) is 0 Å². The molecule has 30 heavy (non-hydrogen) atoms. The van der Waals surface area contributed by atoms with E-state index in [0.717, 1.165) is 30.3 Å². The Bertz CT molecular complexity index is 1360. The van der Waals surface area contributed by atoms with Crippen LogP contribution in [0.25, 0.3) is 27.8 Å². The molecule has 1 amide bonds. The standard InChI is InChI=1S/C23H21N3O4/c27-19(24-15-8-4-5-9-15)14-25-20-17-12-6-7-13-18(17)30-21(20)22(28)26(23(25)29)16-10-2-1-3-11-16/h1-3,6-7,10-13,15H,4-5,8-9,14H2,(H,24,27). The summed E-state index contributed by atoms with van der Waals surface area (Å²) in [5.41, 5.74) is 0.249. The molecule has 1 aliphatic carbocycles. The zero-order valence-electron chi connectivity index (χ0n) is 16.3. The molecule has 0 spiro atoms. The van der Waals surface area contributed by atoms with Crippen LogP contribution in [0.4, 0.5) is 0 Å². The summed E-state index contributed by atoms with van der Waals surface area (Å²) < 4.78 is 8.24. The maximum atomic E-state index is 13.4. The lowest BCUT2D eigenvalue weighted by Gasteiger charge is -2.15. The Hall–Kier alpha value is -3.61.